The fourth-order valence-corrected chi connectivity index (χ4v) is 4.99. The first-order valence-electron chi connectivity index (χ1n) is 9.39. The first-order valence-corrected chi connectivity index (χ1v) is 9.39. The highest BCUT2D eigenvalue weighted by Crippen LogP contribution is 2.43. The van der Waals surface area contributed by atoms with Crippen molar-refractivity contribution in [1.82, 2.24) is 15.1 Å². The molecule has 1 aliphatic heterocycles. The molecule has 1 aliphatic carbocycles. The largest absolute Gasteiger partial charge is 0.423 e. The SMILES string of the molecule is CO[C@@H]1C[C@H](c2nnc(C)o2)N(C(=O)CC2CC(C)CC(C)(C)C2)C1. The lowest BCUT2D eigenvalue weighted by atomic mass is 9.67. The lowest BCUT2D eigenvalue weighted by Gasteiger charge is -2.39. The van der Waals surface area contributed by atoms with Crippen molar-refractivity contribution in [1.29, 1.82) is 0 Å². The molecular formula is C19H31N3O3. The highest BCUT2D eigenvalue weighted by atomic mass is 16.5. The molecule has 140 valence electrons. The quantitative estimate of drug-likeness (QED) is 0.832. The third kappa shape index (κ3) is 4.22. The van der Waals surface area contributed by atoms with Crippen molar-refractivity contribution in [3.8, 4) is 0 Å². The van der Waals surface area contributed by atoms with Crippen LogP contribution in [0.3, 0.4) is 0 Å². The predicted molar refractivity (Wildman–Crippen MR) is 93.8 cm³/mol. The molecule has 25 heavy (non-hydrogen) atoms. The second-order valence-corrected chi connectivity index (χ2v) is 8.80. The summed E-state index contributed by atoms with van der Waals surface area (Å²) in [7, 11) is 1.69. The summed E-state index contributed by atoms with van der Waals surface area (Å²) in [5, 5.41) is 8.07. The van der Waals surface area contributed by atoms with Crippen LogP contribution < -0.4 is 0 Å². The summed E-state index contributed by atoms with van der Waals surface area (Å²) < 4.78 is 11.1. The van der Waals surface area contributed by atoms with Crippen LogP contribution >= 0.6 is 0 Å². The van der Waals surface area contributed by atoms with Crippen molar-refractivity contribution >= 4 is 5.91 Å². The molecular weight excluding hydrogens is 318 g/mol. The van der Waals surface area contributed by atoms with E-state index in [0.29, 0.717) is 42.0 Å². The Kier molecular flexibility index (Phi) is 5.19. The molecule has 0 radical (unpaired) electrons. The van der Waals surface area contributed by atoms with Crippen LogP contribution in [-0.4, -0.2) is 40.8 Å². The van der Waals surface area contributed by atoms with Gasteiger partial charge >= 0.3 is 0 Å². The van der Waals surface area contributed by atoms with Gasteiger partial charge in [-0.1, -0.05) is 20.8 Å². The molecule has 0 spiro atoms. The maximum absolute atomic E-state index is 13.1. The molecule has 6 nitrogen and oxygen atoms in total. The molecule has 2 fully saturated rings. The lowest BCUT2D eigenvalue weighted by Crippen LogP contribution is -2.36. The number of carbonyl (C=O) groups excluding carboxylic acids is 1. The molecule has 2 aliphatic rings. The van der Waals surface area contributed by atoms with Gasteiger partial charge in [-0.05, 0) is 36.5 Å². The summed E-state index contributed by atoms with van der Waals surface area (Å²) in [6.45, 7) is 9.32. The summed E-state index contributed by atoms with van der Waals surface area (Å²) in [6.07, 6.45) is 4.86. The average Bonchev–Trinajstić information content (AvgIpc) is 3.10. The lowest BCUT2D eigenvalue weighted by molar-refractivity contribution is -0.134. The van der Waals surface area contributed by atoms with E-state index >= 15 is 0 Å². The highest BCUT2D eigenvalue weighted by molar-refractivity contribution is 5.77. The number of aryl methyl sites for hydroxylation is 1. The summed E-state index contributed by atoms with van der Waals surface area (Å²) in [5.74, 6) is 2.39. The topological polar surface area (TPSA) is 68.5 Å². The van der Waals surface area contributed by atoms with Gasteiger partial charge in [-0.15, -0.1) is 10.2 Å². The summed E-state index contributed by atoms with van der Waals surface area (Å²) in [4.78, 5) is 15.0. The normalized spacial score (nSPS) is 32.1. The molecule has 1 saturated carbocycles. The third-order valence-corrected chi connectivity index (χ3v) is 5.68. The van der Waals surface area contributed by atoms with Crippen LogP contribution in [-0.2, 0) is 9.53 Å². The number of carbonyl (C=O) groups is 1. The standard InChI is InChI=1S/C19H31N3O3/c1-12-6-14(10-19(3,4)9-12)7-17(23)22-11-15(24-5)8-16(22)18-21-20-13(2)25-18/h12,14-16H,6-11H2,1-5H3/t12?,14?,15-,16-/m1/s1. The highest BCUT2D eigenvalue weighted by Gasteiger charge is 2.41. The van der Waals surface area contributed by atoms with Crippen molar-refractivity contribution in [2.75, 3.05) is 13.7 Å². The maximum atomic E-state index is 13.1. The molecule has 1 aromatic rings. The van der Waals surface area contributed by atoms with Gasteiger partial charge < -0.3 is 14.1 Å². The van der Waals surface area contributed by atoms with Gasteiger partial charge in [-0.25, -0.2) is 0 Å². The zero-order valence-corrected chi connectivity index (χ0v) is 16.1. The monoisotopic (exact) mass is 349 g/mol. The maximum Gasteiger partial charge on any atom is 0.239 e. The van der Waals surface area contributed by atoms with Crippen LogP contribution in [0.25, 0.3) is 0 Å². The zero-order chi connectivity index (χ0) is 18.2. The third-order valence-electron chi connectivity index (χ3n) is 5.68. The second-order valence-electron chi connectivity index (χ2n) is 8.80. The molecule has 3 rings (SSSR count). The number of methoxy groups -OCH3 is 1. The molecule has 1 amide bonds. The Labute approximate surface area is 150 Å². The van der Waals surface area contributed by atoms with Gasteiger partial charge in [0, 0.05) is 33.4 Å². The fraction of sp³-hybridized carbons (Fsp3) is 0.842. The van der Waals surface area contributed by atoms with E-state index in [1.165, 1.54) is 6.42 Å². The molecule has 2 unspecified atom stereocenters. The Morgan fingerprint density at radius 1 is 1.32 bits per heavy atom. The molecule has 2 heterocycles. The van der Waals surface area contributed by atoms with E-state index in [4.69, 9.17) is 9.15 Å². The molecule has 4 atom stereocenters. The van der Waals surface area contributed by atoms with Gasteiger partial charge in [-0.2, -0.15) is 0 Å². The van der Waals surface area contributed by atoms with Crippen molar-refractivity contribution in [3.63, 3.8) is 0 Å². The van der Waals surface area contributed by atoms with Gasteiger partial charge in [0.2, 0.25) is 17.7 Å². The smallest absolute Gasteiger partial charge is 0.239 e. The van der Waals surface area contributed by atoms with Crippen LogP contribution in [0.5, 0.6) is 0 Å². The van der Waals surface area contributed by atoms with Crippen molar-refractivity contribution in [2.45, 2.75) is 71.9 Å². The number of hydrogen-bond donors (Lipinski definition) is 0. The van der Waals surface area contributed by atoms with Gasteiger partial charge in [0.15, 0.2) is 0 Å². The number of aromatic nitrogens is 2. The minimum Gasteiger partial charge on any atom is -0.423 e. The molecule has 6 heteroatoms. The Morgan fingerprint density at radius 3 is 2.68 bits per heavy atom. The summed E-state index contributed by atoms with van der Waals surface area (Å²) in [6, 6.07) is -0.160. The average molecular weight is 349 g/mol. The molecule has 1 saturated heterocycles. The number of nitrogens with zero attached hydrogens (tertiary/aromatic N) is 3. The minimum atomic E-state index is -0.160. The van der Waals surface area contributed by atoms with Gasteiger partial charge in [0.05, 0.1) is 6.10 Å². The van der Waals surface area contributed by atoms with Crippen molar-refractivity contribution < 1.29 is 13.9 Å². The van der Waals surface area contributed by atoms with Crippen LogP contribution in [0.1, 0.15) is 70.7 Å². The van der Waals surface area contributed by atoms with Gasteiger partial charge in [0.25, 0.3) is 0 Å². The van der Waals surface area contributed by atoms with Crippen LogP contribution in [0.4, 0.5) is 0 Å². The number of ether oxygens (including phenoxy) is 1. The second kappa shape index (κ2) is 7.06. The van der Waals surface area contributed by atoms with E-state index in [-0.39, 0.29) is 18.1 Å². The van der Waals surface area contributed by atoms with E-state index in [1.807, 2.05) is 4.90 Å². The van der Waals surface area contributed by atoms with Crippen LogP contribution in [0.15, 0.2) is 4.42 Å². The van der Waals surface area contributed by atoms with Crippen molar-refractivity contribution in [2.24, 2.45) is 17.3 Å². The van der Waals surface area contributed by atoms with E-state index < -0.39 is 0 Å². The fourth-order valence-electron chi connectivity index (χ4n) is 4.99. The molecule has 1 aromatic heterocycles. The Bertz CT molecular complexity index is 613. The molecule has 0 N–H and O–H groups in total. The Morgan fingerprint density at radius 2 is 2.08 bits per heavy atom. The number of hydrogen-bond acceptors (Lipinski definition) is 5. The minimum absolute atomic E-state index is 0.0304. The first-order chi connectivity index (χ1) is 11.8. The zero-order valence-electron chi connectivity index (χ0n) is 16.1. The number of amides is 1. The van der Waals surface area contributed by atoms with Gasteiger partial charge in [-0.3, -0.25) is 4.79 Å². The summed E-state index contributed by atoms with van der Waals surface area (Å²) >= 11 is 0. The summed E-state index contributed by atoms with van der Waals surface area (Å²) in [5.41, 5.74) is 0.325. The number of rotatable bonds is 4. The van der Waals surface area contributed by atoms with Crippen LogP contribution in [0, 0.1) is 24.2 Å². The van der Waals surface area contributed by atoms with Gasteiger partial charge in [0.1, 0.15) is 6.04 Å². The van der Waals surface area contributed by atoms with E-state index in [9.17, 15) is 4.79 Å². The molecule has 0 aromatic carbocycles. The van der Waals surface area contributed by atoms with E-state index in [0.717, 1.165) is 19.3 Å². The molecule has 0 bridgehead atoms. The number of likely N-dealkylation sites (tertiary alicyclic amines) is 1. The van der Waals surface area contributed by atoms with Crippen molar-refractivity contribution in [3.05, 3.63) is 11.8 Å². The van der Waals surface area contributed by atoms with Crippen LogP contribution in [0.2, 0.25) is 0 Å². The van der Waals surface area contributed by atoms with E-state index in [2.05, 4.69) is 31.0 Å². The predicted octanol–water partition coefficient (Wildman–Crippen LogP) is 3.52. The first kappa shape index (κ1) is 18.4. The Hall–Kier alpha value is -1.43. The van der Waals surface area contributed by atoms with E-state index in [1.54, 1.807) is 14.0 Å². The Balaban J connectivity index is 1.70.